The van der Waals surface area contributed by atoms with Gasteiger partial charge in [-0.2, -0.15) is 0 Å². The molecule has 0 aromatic carbocycles. The van der Waals surface area contributed by atoms with Crippen LogP contribution in [0, 0.1) is 0 Å². The number of aliphatic hydroxyl groups is 6. The Kier molecular flexibility index (Phi) is 26.4. The minimum absolute atomic E-state index is 0.241. The molecular formula is C36H72NO11P. The van der Waals surface area contributed by atoms with Gasteiger partial charge in [-0.25, -0.2) is 4.57 Å². The third-order valence-corrected chi connectivity index (χ3v) is 10.7. The van der Waals surface area contributed by atoms with Crippen LogP contribution in [-0.4, -0.2) is 96.8 Å². The molecule has 9 atom stereocenters. The van der Waals surface area contributed by atoms with Crippen molar-refractivity contribution in [3.05, 3.63) is 0 Å². The van der Waals surface area contributed by atoms with Crippen molar-refractivity contribution >= 4 is 13.7 Å². The molecule has 1 rings (SSSR count). The minimum Gasteiger partial charge on any atom is -0.391 e. The van der Waals surface area contributed by atoms with Crippen LogP contribution in [-0.2, 0) is 18.4 Å². The zero-order chi connectivity index (χ0) is 36.5. The highest BCUT2D eigenvalue weighted by molar-refractivity contribution is 7.47. The zero-order valence-electron chi connectivity index (χ0n) is 30.5. The Morgan fingerprint density at radius 1 is 0.612 bits per heavy atom. The maximum Gasteiger partial charge on any atom is 0.472 e. The van der Waals surface area contributed by atoms with Crippen molar-refractivity contribution in [2.24, 2.45) is 0 Å². The van der Waals surface area contributed by atoms with E-state index in [4.69, 9.17) is 9.05 Å². The monoisotopic (exact) mass is 725 g/mol. The molecule has 0 saturated heterocycles. The second kappa shape index (κ2) is 27.9. The Morgan fingerprint density at radius 3 is 1.41 bits per heavy atom. The molecule has 1 saturated carbocycles. The summed E-state index contributed by atoms with van der Waals surface area (Å²) < 4.78 is 22.8. The third-order valence-electron chi connectivity index (χ3n) is 9.67. The molecule has 1 fully saturated rings. The molecule has 0 aromatic rings. The summed E-state index contributed by atoms with van der Waals surface area (Å²) in [5.74, 6) is -0.311. The fraction of sp³-hybridized carbons (Fsp3) is 0.972. The van der Waals surface area contributed by atoms with E-state index < -0.39 is 63.2 Å². The average molecular weight is 726 g/mol. The van der Waals surface area contributed by atoms with Gasteiger partial charge in [-0.3, -0.25) is 13.8 Å². The van der Waals surface area contributed by atoms with Crippen molar-refractivity contribution in [2.75, 3.05) is 6.61 Å². The normalized spacial score (nSPS) is 25.2. The van der Waals surface area contributed by atoms with Crippen LogP contribution in [0.25, 0.3) is 0 Å². The smallest absolute Gasteiger partial charge is 0.391 e. The van der Waals surface area contributed by atoms with Gasteiger partial charge in [0.25, 0.3) is 0 Å². The second-order valence-electron chi connectivity index (χ2n) is 14.1. The molecule has 1 aliphatic rings. The number of carbonyl (C=O) groups excluding carboxylic acids is 1. The van der Waals surface area contributed by atoms with Crippen molar-refractivity contribution in [3.8, 4) is 0 Å². The first-order chi connectivity index (χ1) is 23.4. The van der Waals surface area contributed by atoms with Crippen LogP contribution in [0.4, 0.5) is 0 Å². The van der Waals surface area contributed by atoms with Crippen LogP contribution in [0.15, 0.2) is 0 Å². The molecule has 1 amide bonds. The van der Waals surface area contributed by atoms with E-state index in [-0.39, 0.29) is 12.3 Å². The lowest BCUT2D eigenvalue weighted by Crippen LogP contribution is -2.64. The molecule has 1 aliphatic carbocycles. The van der Waals surface area contributed by atoms with Crippen LogP contribution < -0.4 is 5.32 Å². The van der Waals surface area contributed by atoms with E-state index in [1.165, 1.54) is 89.9 Å². The van der Waals surface area contributed by atoms with Gasteiger partial charge in [0.15, 0.2) is 0 Å². The Hall–Kier alpha value is -0.660. The number of nitrogens with one attached hydrogen (secondary N) is 1. The van der Waals surface area contributed by atoms with Gasteiger partial charge in [0.2, 0.25) is 5.91 Å². The molecule has 13 heteroatoms. The summed E-state index contributed by atoms with van der Waals surface area (Å²) in [4.78, 5) is 23.2. The van der Waals surface area contributed by atoms with Crippen molar-refractivity contribution in [1.82, 2.24) is 5.32 Å². The molecule has 0 aliphatic heterocycles. The summed E-state index contributed by atoms with van der Waals surface area (Å²) in [5.41, 5.74) is 0. The van der Waals surface area contributed by atoms with Crippen LogP contribution in [0.5, 0.6) is 0 Å². The van der Waals surface area contributed by atoms with Crippen LogP contribution in [0.3, 0.4) is 0 Å². The number of unbranched alkanes of at least 4 members (excludes halogenated alkanes) is 20. The van der Waals surface area contributed by atoms with E-state index in [0.29, 0.717) is 19.3 Å². The molecular weight excluding hydrogens is 653 g/mol. The van der Waals surface area contributed by atoms with Crippen LogP contribution in [0.1, 0.15) is 168 Å². The summed E-state index contributed by atoms with van der Waals surface area (Å²) >= 11 is 0. The molecule has 0 heterocycles. The van der Waals surface area contributed by atoms with Crippen molar-refractivity contribution < 1.29 is 53.9 Å². The van der Waals surface area contributed by atoms with E-state index in [9.17, 15) is 44.9 Å². The number of hydrogen-bond acceptors (Lipinski definition) is 10. The molecule has 8 N–H and O–H groups in total. The minimum atomic E-state index is -5.04. The molecule has 0 radical (unpaired) electrons. The first-order valence-corrected chi connectivity index (χ1v) is 21.0. The molecule has 0 bridgehead atoms. The lowest BCUT2D eigenvalue weighted by Gasteiger charge is -2.41. The lowest BCUT2D eigenvalue weighted by molar-refractivity contribution is -0.220. The molecule has 292 valence electrons. The van der Waals surface area contributed by atoms with Gasteiger partial charge in [-0.05, 0) is 12.8 Å². The molecule has 49 heavy (non-hydrogen) atoms. The first kappa shape index (κ1) is 46.4. The number of phosphoric ester groups is 1. The van der Waals surface area contributed by atoms with Gasteiger partial charge in [0, 0.05) is 6.42 Å². The largest absolute Gasteiger partial charge is 0.472 e. The van der Waals surface area contributed by atoms with Crippen molar-refractivity contribution in [2.45, 2.75) is 217 Å². The quantitative estimate of drug-likeness (QED) is 0.0328. The van der Waals surface area contributed by atoms with Crippen molar-refractivity contribution in [1.29, 1.82) is 0 Å². The second-order valence-corrected chi connectivity index (χ2v) is 15.5. The zero-order valence-corrected chi connectivity index (χ0v) is 31.4. The predicted molar refractivity (Wildman–Crippen MR) is 191 cm³/mol. The Bertz CT molecular complexity index is 853. The van der Waals surface area contributed by atoms with Gasteiger partial charge >= 0.3 is 7.82 Å². The standard InChI is InChI=1S/C36H72NO11P/c1-3-5-7-9-11-13-15-17-19-21-23-25-29(38)28(37-30(39)26-24-22-20-18-16-14-12-10-8-6-4-2)27-47-49(45,46)48-36-34(43)32(41)31(40)33(42)35(36)44/h28-29,31-36,38,40-44H,3-27H2,1-2H3,(H,37,39)(H,45,46)/t28-,29+,31?,32+,33?,34?,35?,36?/m0/s1. The highest BCUT2D eigenvalue weighted by Gasteiger charge is 2.51. The maximum absolute atomic E-state index is 12.8. The van der Waals surface area contributed by atoms with E-state index in [1.54, 1.807) is 0 Å². The predicted octanol–water partition coefficient (Wildman–Crippen LogP) is 5.55. The van der Waals surface area contributed by atoms with Gasteiger partial charge in [0.05, 0.1) is 18.8 Å². The third kappa shape index (κ3) is 20.8. The van der Waals surface area contributed by atoms with Crippen LogP contribution in [0.2, 0.25) is 0 Å². The van der Waals surface area contributed by atoms with Crippen LogP contribution >= 0.6 is 7.82 Å². The van der Waals surface area contributed by atoms with E-state index in [1.807, 2.05) is 0 Å². The summed E-state index contributed by atoms with van der Waals surface area (Å²) in [5, 5.41) is 63.7. The number of phosphoric acid groups is 1. The van der Waals surface area contributed by atoms with Gasteiger partial charge in [-0.15, -0.1) is 0 Å². The first-order valence-electron chi connectivity index (χ1n) is 19.5. The maximum atomic E-state index is 12.8. The summed E-state index contributed by atoms with van der Waals surface area (Å²) in [7, 11) is -5.04. The Labute approximate surface area is 296 Å². The molecule has 0 aromatic heterocycles. The summed E-state index contributed by atoms with van der Waals surface area (Å²) in [6.07, 6.45) is 13.0. The van der Waals surface area contributed by atoms with Gasteiger partial charge in [0.1, 0.15) is 36.6 Å². The van der Waals surface area contributed by atoms with Gasteiger partial charge in [-0.1, -0.05) is 149 Å². The van der Waals surface area contributed by atoms with E-state index >= 15 is 0 Å². The fourth-order valence-corrected chi connectivity index (χ4v) is 7.34. The highest BCUT2D eigenvalue weighted by atomic mass is 31.2. The Morgan fingerprint density at radius 2 is 0.980 bits per heavy atom. The number of carbonyl (C=O) groups is 1. The number of rotatable bonds is 31. The number of aliphatic hydroxyl groups excluding tert-OH is 6. The molecule has 12 nitrogen and oxygen atoms in total. The van der Waals surface area contributed by atoms with E-state index in [2.05, 4.69) is 19.2 Å². The average Bonchev–Trinajstić information content (AvgIpc) is 3.08. The van der Waals surface area contributed by atoms with Crippen molar-refractivity contribution in [3.63, 3.8) is 0 Å². The topological polar surface area (TPSA) is 206 Å². The molecule has 6 unspecified atom stereocenters. The Balaban J connectivity index is 2.57. The van der Waals surface area contributed by atoms with E-state index in [0.717, 1.165) is 38.5 Å². The number of amides is 1. The fourth-order valence-electron chi connectivity index (χ4n) is 6.38. The summed E-state index contributed by atoms with van der Waals surface area (Å²) in [6, 6.07) is -1.02. The SMILES string of the molecule is CCCCCCCCCCCCCC(=O)N[C@@H](COP(=O)(O)OC1C(O)C(O)C(O)[C@@H](O)C1O)[C@H](O)CCCCCCCCCCCCC. The molecule has 0 spiro atoms. The number of hydrogen-bond donors (Lipinski definition) is 8. The summed E-state index contributed by atoms with van der Waals surface area (Å²) in [6.45, 7) is 3.83. The van der Waals surface area contributed by atoms with Gasteiger partial charge < -0.3 is 40.8 Å². The lowest BCUT2D eigenvalue weighted by atomic mass is 9.85. The highest BCUT2D eigenvalue weighted by Crippen LogP contribution is 2.47.